The van der Waals surface area contributed by atoms with Gasteiger partial charge in [-0.25, -0.2) is 0 Å². The highest BCUT2D eigenvalue weighted by molar-refractivity contribution is 9.10. The molecule has 1 aliphatic heterocycles. The van der Waals surface area contributed by atoms with Crippen LogP contribution in [0.15, 0.2) is 4.47 Å². The van der Waals surface area contributed by atoms with Gasteiger partial charge in [-0.1, -0.05) is 22.9 Å². The van der Waals surface area contributed by atoms with Crippen LogP contribution in [0.25, 0.3) is 0 Å². The fourth-order valence-electron chi connectivity index (χ4n) is 2.31. The van der Waals surface area contributed by atoms with Gasteiger partial charge in [0.05, 0.1) is 15.9 Å². The summed E-state index contributed by atoms with van der Waals surface area (Å²) in [6.07, 6.45) is 2.24. The molecule has 0 bridgehead atoms. The molecule has 2 rings (SSSR count). The number of likely N-dealkylation sites (tertiary alicyclic amines) is 1. The van der Waals surface area contributed by atoms with Gasteiger partial charge in [-0.3, -0.25) is 9.58 Å². The van der Waals surface area contributed by atoms with Gasteiger partial charge in [0.2, 0.25) is 0 Å². The molecule has 0 aromatic carbocycles. The zero-order valence-electron chi connectivity index (χ0n) is 10.4. The van der Waals surface area contributed by atoms with Crippen molar-refractivity contribution in [1.82, 2.24) is 14.7 Å². The van der Waals surface area contributed by atoms with E-state index in [1.54, 1.807) is 0 Å². The van der Waals surface area contributed by atoms with E-state index in [0.29, 0.717) is 4.83 Å². The first-order valence-corrected chi connectivity index (χ1v) is 7.97. The Bertz CT molecular complexity index is 389. The highest BCUT2D eigenvalue weighted by Crippen LogP contribution is 2.26. The van der Waals surface area contributed by atoms with Crippen molar-refractivity contribution in [3.05, 3.63) is 15.9 Å². The normalized spacial score (nSPS) is 21.3. The summed E-state index contributed by atoms with van der Waals surface area (Å²) in [5, 5.41) is 4.64. The van der Waals surface area contributed by atoms with Gasteiger partial charge in [-0.2, -0.15) is 5.10 Å². The fourth-order valence-corrected chi connectivity index (χ4v) is 3.61. The molecular weight excluding hydrogens is 346 g/mol. The Morgan fingerprint density at radius 2 is 2.18 bits per heavy atom. The maximum Gasteiger partial charge on any atom is 0.0767 e. The van der Waals surface area contributed by atoms with Crippen LogP contribution < -0.4 is 0 Å². The van der Waals surface area contributed by atoms with Crippen LogP contribution in [0.3, 0.4) is 0 Å². The lowest BCUT2D eigenvalue weighted by atomic mass is 10.3. The first-order valence-electron chi connectivity index (χ1n) is 6.26. The van der Waals surface area contributed by atoms with Gasteiger partial charge >= 0.3 is 0 Å². The molecule has 0 spiro atoms. The number of aromatic nitrogens is 2. The standard InChI is InChI=1S/C12H19Br2N3/c1-3-10-12(14)11(17(4-2)15-10)8-16-6-5-9(13)7-16/h9H,3-8H2,1-2H3. The maximum atomic E-state index is 4.64. The van der Waals surface area contributed by atoms with Gasteiger partial charge in [0, 0.05) is 24.5 Å². The van der Waals surface area contributed by atoms with Gasteiger partial charge in [0.15, 0.2) is 0 Å². The molecule has 0 radical (unpaired) electrons. The van der Waals surface area contributed by atoms with E-state index in [1.165, 1.54) is 28.8 Å². The summed E-state index contributed by atoms with van der Waals surface area (Å²) in [6, 6.07) is 0. The number of aryl methyl sites for hydroxylation is 2. The number of rotatable bonds is 4. The molecule has 1 unspecified atom stereocenters. The number of alkyl halides is 1. The lowest BCUT2D eigenvalue weighted by molar-refractivity contribution is 0.319. The highest BCUT2D eigenvalue weighted by atomic mass is 79.9. The topological polar surface area (TPSA) is 21.1 Å². The van der Waals surface area contributed by atoms with E-state index in [4.69, 9.17) is 0 Å². The Morgan fingerprint density at radius 3 is 2.71 bits per heavy atom. The smallest absolute Gasteiger partial charge is 0.0767 e. The molecule has 0 saturated carbocycles. The summed E-state index contributed by atoms with van der Waals surface area (Å²) >= 11 is 7.39. The third-order valence-corrected chi connectivity index (χ3v) is 4.95. The lowest BCUT2D eigenvalue weighted by Gasteiger charge is -2.16. The van der Waals surface area contributed by atoms with Crippen molar-refractivity contribution < 1.29 is 0 Å². The summed E-state index contributed by atoms with van der Waals surface area (Å²) in [5.74, 6) is 0. The Morgan fingerprint density at radius 1 is 1.41 bits per heavy atom. The van der Waals surface area contributed by atoms with E-state index in [0.717, 1.165) is 26.1 Å². The minimum absolute atomic E-state index is 0.657. The Hall–Kier alpha value is 0.130. The quantitative estimate of drug-likeness (QED) is 0.765. The van der Waals surface area contributed by atoms with Crippen LogP contribution in [0.4, 0.5) is 0 Å². The third-order valence-electron chi connectivity index (χ3n) is 3.28. The Labute approximate surface area is 120 Å². The second-order valence-electron chi connectivity index (χ2n) is 4.50. The van der Waals surface area contributed by atoms with Crippen molar-refractivity contribution in [2.75, 3.05) is 13.1 Å². The molecule has 1 aromatic heterocycles. The van der Waals surface area contributed by atoms with Gasteiger partial charge in [-0.15, -0.1) is 0 Å². The predicted octanol–water partition coefficient (Wildman–Crippen LogP) is 3.20. The molecule has 96 valence electrons. The second kappa shape index (κ2) is 5.85. The molecule has 1 aliphatic rings. The molecule has 0 aliphatic carbocycles. The molecular formula is C12H19Br2N3. The maximum absolute atomic E-state index is 4.64. The summed E-state index contributed by atoms with van der Waals surface area (Å²) in [6.45, 7) is 8.57. The molecule has 1 aromatic rings. The van der Waals surface area contributed by atoms with Crippen LogP contribution in [-0.2, 0) is 19.5 Å². The van der Waals surface area contributed by atoms with E-state index in [2.05, 4.69) is 60.4 Å². The van der Waals surface area contributed by atoms with E-state index >= 15 is 0 Å². The largest absolute Gasteiger partial charge is 0.296 e. The van der Waals surface area contributed by atoms with Crippen LogP contribution in [0.1, 0.15) is 31.7 Å². The fraction of sp³-hybridized carbons (Fsp3) is 0.750. The molecule has 0 N–H and O–H groups in total. The zero-order valence-corrected chi connectivity index (χ0v) is 13.6. The van der Waals surface area contributed by atoms with Crippen LogP contribution in [0, 0.1) is 0 Å². The Kier molecular flexibility index (Phi) is 4.66. The molecule has 17 heavy (non-hydrogen) atoms. The van der Waals surface area contributed by atoms with Crippen LogP contribution in [0.5, 0.6) is 0 Å². The molecule has 1 saturated heterocycles. The van der Waals surface area contributed by atoms with E-state index in [9.17, 15) is 0 Å². The van der Waals surface area contributed by atoms with Crippen molar-refractivity contribution in [2.45, 2.75) is 44.6 Å². The van der Waals surface area contributed by atoms with Crippen molar-refractivity contribution >= 4 is 31.9 Å². The molecule has 2 heterocycles. The van der Waals surface area contributed by atoms with E-state index < -0.39 is 0 Å². The van der Waals surface area contributed by atoms with E-state index in [1.807, 2.05) is 0 Å². The highest BCUT2D eigenvalue weighted by Gasteiger charge is 2.23. The van der Waals surface area contributed by atoms with Crippen LogP contribution >= 0.6 is 31.9 Å². The van der Waals surface area contributed by atoms with Crippen molar-refractivity contribution in [3.8, 4) is 0 Å². The summed E-state index contributed by atoms with van der Waals surface area (Å²) in [7, 11) is 0. The third kappa shape index (κ3) is 2.93. The minimum atomic E-state index is 0.657. The number of halogens is 2. The average Bonchev–Trinajstić information content (AvgIpc) is 2.85. The number of hydrogen-bond donors (Lipinski definition) is 0. The van der Waals surface area contributed by atoms with Crippen LogP contribution in [-0.4, -0.2) is 32.6 Å². The molecule has 0 amide bonds. The first-order chi connectivity index (χ1) is 8.15. The minimum Gasteiger partial charge on any atom is -0.296 e. The van der Waals surface area contributed by atoms with Gasteiger partial charge in [0.25, 0.3) is 0 Å². The first kappa shape index (κ1) is 13.6. The average molecular weight is 365 g/mol. The van der Waals surface area contributed by atoms with Gasteiger partial charge in [-0.05, 0) is 42.2 Å². The Balaban J connectivity index is 2.16. The monoisotopic (exact) mass is 363 g/mol. The summed E-state index contributed by atoms with van der Waals surface area (Å²) in [4.78, 5) is 3.15. The van der Waals surface area contributed by atoms with Gasteiger partial charge in [0.1, 0.15) is 0 Å². The summed E-state index contributed by atoms with van der Waals surface area (Å²) in [5.41, 5.74) is 2.50. The SMILES string of the molecule is CCc1nn(CC)c(CN2CCC(Br)C2)c1Br. The van der Waals surface area contributed by atoms with Crippen molar-refractivity contribution in [3.63, 3.8) is 0 Å². The molecule has 1 atom stereocenters. The second-order valence-corrected chi connectivity index (χ2v) is 6.59. The van der Waals surface area contributed by atoms with Crippen molar-refractivity contribution in [2.24, 2.45) is 0 Å². The van der Waals surface area contributed by atoms with Crippen LogP contribution in [0.2, 0.25) is 0 Å². The molecule has 3 nitrogen and oxygen atoms in total. The molecule has 1 fully saturated rings. The summed E-state index contributed by atoms with van der Waals surface area (Å²) < 4.78 is 3.34. The number of hydrogen-bond acceptors (Lipinski definition) is 2. The van der Waals surface area contributed by atoms with Gasteiger partial charge < -0.3 is 0 Å². The lowest BCUT2D eigenvalue weighted by Crippen LogP contribution is -2.22. The van der Waals surface area contributed by atoms with E-state index in [-0.39, 0.29) is 0 Å². The zero-order chi connectivity index (χ0) is 12.4. The number of nitrogens with zero attached hydrogens (tertiary/aromatic N) is 3. The molecule has 5 heteroatoms. The predicted molar refractivity (Wildman–Crippen MR) is 77.6 cm³/mol. The van der Waals surface area contributed by atoms with Crippen molar-refractivity contribution in [1.29, 1.82) is 0 Å².